The number of hydrogen-bond donors (Lipinski definition) is 2. The lowest BCUT2D eigenvalue weighted by atomic mass is 9.81. The normalized spacial score (nSPS) is 19.1. The van der Waals surface area contributed by atoms with Gasteiger partial charge in [0.05, 0.1) is 24.1 Å². The lowest BCUT2D eigenvalue weighted by Gasteiger charge is -2.43. The van der Waals surface area contributed by atoms with E-state index in [1.807, 2.05) is 12.1 Å². The van der Waals surface area contributed by atoms with Gasteiger partial charge in [-0.2, -0.15) is 0 Å². The van der Waals surface area contributed by atoms with Gasteiger partial charge in [-0.25, -0.2) is 4.98 Å². The smallest absolute Gasteiger partial charge is 0.234 e. The Hall–Kier alpha value is -2.25. The van der Waals surface area contributed by atoms with Gasteiger partial charge in [0, 0.05) is 38.4 Å². The fraction of sp³-hybridized carbons (Fsp3) is 0.438. The SMILES string of the molecule is O=C(N1CCc2oc(-c3cccnc3)nc2C1)C1(CO)CNC1. The van der Waals surface area contributed by atoms with Crippen LogP contribution in [0.5, 0.6) is 0 Å². The predicted octanol–water partition coefficient (Wildman–Crippen LogP) is 0.203. The molecule has 7 heteroatoms. The van der Waals surface area contributed by atoms with Gasteiger partial charge in [-0.15, -0.1) is 0 Å². The molecular weight excluding hydrogens is 296 g/mol. The summed E-state index contributed by atoms with van der Waals surface area (Å²) in [7, 11) is 0. The Balaban J connectivity index is 1.56. The van der Waals surface area contributed by atoms with Gasteiger partial charge in [0.1, 0.15) is 11.5 Å². The molecule has 0 aromatic carbocycles. The highest BCUT2D eigenvalue weighted by Crippen LogP contribution is 2.30. The Kier molecular flexibility index (Phi) is 3.39. The Labute approximate surface area is 133 Å². The van der Waals surface area contributed by atoms with E-state index in [9.17, 15) is 9.90 Å². The van der Waals surface area contributed by atoms with Gasteiger partial charge in [0.2, 0.25) is 11.8 Å². The second-order valence-electron chi connectivity index (χ2n) is 6.15. The second kappa shape index (κ2) is 5.43. The molecule has 0 radical (unpaired) electrons. The molecule has 1 amide bonds. The van der Waals surface area contributed by atoms with Crippen molar-refractivity contribution in [3.8, 4) is 11.5 Å². The van der Waals surface area contributed by atoms with Gasteiger partial charge in [0.25, 0.3) is 0 Å². The predicted molar refractivity (Wildman–Crippen MR) is 81.2 cm³/mol. The number of aromatic nitrogens is 2. The molecule has 7 nitrogen and oxygen atoms in total. The lowest BCUT2D eigenvalue weighted by Crippen LogP contribution is -2.64. The third kappa shape index (κ3) is 2.32. The highest BCUT2D eigenvalue weighted by atomic mass is 16.4. The van der Waals surface area contributed by atoms with E-state index in [2.05, 4.69) is 15.3 Å². The van der Waals surface area contributed by atoms with Crippen LogP contribution in [0, 0.1) is 5.41 Å². The van der Waals surface area contributed by atoms with Crippen molar-refractivity contribution in [2.24, 2.45) is 5.41 Å². The number of aliphatic hydroxyl groups excluding tert-OH is 1. The minimum Gasteiger partial charge on any atom is -0.441 e. The van der Waals surface area contributed by atoms with Gasteiger partial charge in [0.15, 0.2) is 0 Å². The summed E-state index contributed by atoms with van der Waals surface area (Å²) in [6.07, 6.45) is 4.05. The van der Waals surface area contributed by atoms with Crippen molar-refractivity contribution in [2.45, 2.75) is 13.0 Å². The Morgan fingerprint density at radius 2 is 2.35 bits per heavy atom. The fourth-order valence-electron chi connectivity index (χ4n) is 3.08. The molecule has 1 saturated heterocycles. The Bertz CT molecular complexity index is 719. The second-order valence-corrected chi connectivity index (χ2v) is 6.15. The van der Waals surface area contributed by atoms with Crippen LogP contribution in [0.4, 0.5) is 0 Å². The summed E-state index contributed by atoms with van der Waals surface area (Å²) in [5, 5.41) is 12.6. The van der Waals surface area contributed by atoms with E-state index in [1.54, 1.807) is 17.3 Å². The first-order chi connectivity index (χ1) is 11.2. The molecule has 2 aromatic heterocycles. The van der Waals surface area contributed by atoms with Crippen LogP contribution in [-0.2, 0) is 17.8 Å². The molecule has 0 bridgehead atoms. The monoisotopic (exact) mass is 314 g/mol. The average Bonchev–Trinajstić information content (AvgIpc) is 2.98. The summed E-state index contributed by atoms with van der Waals surface area (Å²) in [5.41, 5.74) is 0.964. The molecule has 2 N–H and O–H groups in total. The van der Waals surface area contributed by atoms with Crippen LogP contribution in [0.2, 0.25) is 0 Å². The molecule has 2 aliphatic rings. The maximum absolute atomic E-state index is 12.7. The molecule has 0 aliphatic carbocycles. The lowest BCUT2D eigenvalue weighted by molar-refractivity contribution is -0.149. The number of pyridine rings is 1. The van der Waals surface area contributed by atoms with E-state index in [4.69, 9.17) is 4.42 Å². The molecule has 1 fully saturated rings. The minimum atomic E-state index is -0.659. The molecule has 120 valence electrons. The van der Waals surface area contributed by atoms with Crippen LogP contribution in [0.25, 0.3) is 11.5 Å². The van der Waals surface area contributed by atoms with Crippen molar-refractivity contribution in [2.75, 3.05) is 26.2 Å². The largest absolute Gasteiger partial charge is 0.441 e. The van der Waals surface area contributed by atoms with Gasteiger partial charge >= 0.3 is 0 Å². The van der Waals surface area contributed by atoms with Crippen molar-refractivity contribution in [1.29, 1.82) is 0 Å². The van der Waals surface area contributed by atoms with E-state index in [-0.39, 0.29) is 12.5 Å². The van der Waals surface area contributed by atoms with E-state index in [0.717, 1.165) is 17.0 Å². The molecule has 2 aliphatic heterocycles. The number of carbonyl (C=O) groups excluding carboxylic acids is 1. The molecular formula is C16H18N4O3. The van der Waals surface area contributed by atoms with Crippen LogP contribution >= 0.6 is 0 Å². The number of rotatable bonds is 3. The Morgan fingerprint density at radius 1 is 1.48 bits per heavy atom. The van der Waals surface area contributed by atoms with E-state index >= 15 is 0 Å². The van der Waals surface area contributed by atoms with Gasteiger partial charge < -0.3 is 19.7 Å². The number of nitrogens with zero attached hydrogens (tertiary/aromatic N) is 3. The van der Waals surface area contributed by atoms with E-state index in [1.165, 1.54) is 0 Å². The van der Waals surface area contributed by atoms with E-state index in [0.29, 0.717) is 38.5 Å². The number of amides is 1. The summed E-state index contributed by atoms with van der Waals surface area (Å²) >= 11 is 0. The summed E-state index contributed by atoms with van der Waals surface area (Å²) in [6, 6.07) is 3.73. The van der Waals surface area contributed by atoms with Crippen molar-refractivity contribution in [1.82, 2.24) is 20.2 Å². The zero-order chi connectivity index (χ0) is 15.9. The van der Waals surface area contributed by atoms with Crippen LogP contribution in [-0.4, -0.2) is 52.1 Å². The van der Waals surface area contributed by atoms with Gasteiger partial charge in [-0.05, 0) is 12.1 Å². The number of fused-ring (bicyclic) bond motifs is 1. The summed E-state index contributed by atoms with van der Waals surface area (Å²) < 4.78 is 5.82. The number of oxazole rings is 1. The third-order valence-corrected chi connectivity index (χ3v) is 4.61. The zero-order valence-electron chi connectivity index (χ0n) is 12.7. The van der Waals surface area contributed by atoms with Crippen LogP contribution < -0.4 is 5.32 Å². The first kappa shape index (κ1) is 14.3. The topological polar surface area (TPSA) is 91.5 Å². The third-order valence-electron chi connectivity index (χ3n) is 4.61. The Morgan fingerprint density at radius 3 is 3.00 bits per heavy atom. The van der Waals surface area contributed by atoms with Crippen molar-refractivity contribution in [3.63, 3.8) is 0 Å². The highest BCUT2D eigenvalue weighted by Gasteiger charge is 2.46. The van der Waals surface area contributed by atoms with Crippen molar-refractivity contribution >= 4 is 5.91 Å². The molecule has 4 heterocycles. The summed E-state index contributed by atoms with van der Waals surface area (Å²) in [5.74, 6) is 1.37. The van der Waals surface area contributed by atoms with Crippen molar-refractivity contribution in [3.05, 3.63) is 36.0 Å². The summed E-state index contributed by atoms with van der Waals surface area (Å²) in [6.45, 7) is 1.97. The van der Waals surface area contributed by atoms with Crippen LogP contribution in [0.15, 0.2) is 28.9 Å². The van der Waals surface area contributed by atoms with Crippen molar-refractivity contribution < 1.29 is 14.3 Å². The number of carbonyl (C=O) groups is 1. The first-order valence-corrected chi connectivity index (χ1v) is 7.72. The molecule has 0 atom stereocenters. The van der Waals surface area contributed by atoms with Crippen LogP contribution in [0.3, 0.4) is 0 Å². The highest BCUT2D eigenvalue weighted by molar-refractivity contribution is 5.84. The first-order valence-electron chi connectivity index (χ1n) is 7.72. The minimum absolute atomic E-state index is 0.00433. The maximum Gasteiger partial charge on any atom is 0.234 e. The van der Waals surface area contributed by atoms with E-state index < -0.39 is 5.41 Å². The molecule has 2 aromatic rings. The zero-order valence-corrected chi connectivity index (χ0v) is 12.7. The molecule has 0 spiro atoms. The molecule has 4 rings (SSSR count). The number of hydrogen-bond acceptors (Lipinski definition) is 6. The number of aliphatic hydroxyl groups is 1. The summed E-state index contributed by atoms with van der Waals surface area (Å²) in [4.78, 5) is 23.1. The van der Waals surface area contributed by atoms with Gasteiger partial charge in [-0.1, -0.05) is 0 Å². The average molecular weight is 314 g/mol. The number of nitrogens with one attached hydrogen (secondary N) is 1. The van der Waals surface area contributed by atoms with Crippen LogP contribution in [0.1, 0.15) is 11.5 Å². The fourth-order valence-corrected chi connectivity index (χ4v) is 3.08. The van der Waals surface area contributed by atoms with Gasteiger partial charge in [-0.3, -0.25) is 9.78 Å². The maximum atomic E-state index is 12.7. The molecule has 23 heavy (non-hydrogen) atoms. The molecule has 0 saturated carbocycles. The quantitative estimate of drug-likeness (QED) is 0.841. The molecule has 0 unspecified atom stereocenters. The standard InChI is InChI=1S/C16H18N4O3/c21-10-16(8-18-9-16)15(22)20-5-3-13-12(7-20)19-14(23-13)11-2-1-4-17-6-11/h1-2,4,6,18,21H,3,5,7-10H2.